The predicted octanol–water partition coefficient (Wildman–Crippen LogP) is 3.94. The number of benzene rings is 1. The maximum atomic E-state index is 13.5. The summed E-state index contributed by atoms with van der Waals surface area (Å²) in [7, 11) is 0. The highest BCUT2D eigenvalue weighted by atomic mass is 79.9. The fraction of sp³-hybridized carbons (Fsp3) is 0.400. The standard InChI is InChI=1S/C10H10BrClFN/c1-10(2)4-14-9-6(13)3-5(11)8(12)7(9)10/h3,14H,4H2,1-2H3. The van der Waals surface area contributed by atoms with Crippen molar-refractivity contribution in [3.05, 3.63) is 26.9 Å². The topological polar surface area (TPSA) is 12.0 Å². The van der Waals surface area contributed by atoms with Crippen LogP contribution in [0.25, 0.3) is 0 Å². The van der Waals surface area contributed by atoms with Gasteiger partial charge in [-0.1, -0.05) is 25.4 Å². The Morgan fingerprint density at radius 2 is 2.21 bits per heavy atom. The third-order valence-electron chi connectivity index (χ3n) is 2.56. The number of hydrogen-bond acceptors (Lipinski definition) is 1. The van der Waals surface area contributed by atoms with Crippen molar-refractivity contribution in [1.82, 2.24) is 0 Å². The summed E-state index contributed by atoms with van der Waals surface area (Å²) in [4.78, 5) is 0. The molecule has 0 amide bonds. The summed E-state index contributed by atoms with van der Waals surface area (Å²) in [6, 6.07) is 1.40. The molecule has 0 saturated carbocycles. The highest BCUT2D eigenvalue weighted by Gasteiger charge is 2.34. The van der Waals surface area contributed by atoms with Crippen molar-refractivity contribution in [3.8, 4) is 0 Å². The van der Waals surface area contributed by atoms with Crippen molar-refractivity contribution < 1.29 is 4.39 Å². The highest BCUT2D eigenvalue weighted by Crippen LogP contribution is 2.45. The van der Waals surface area contributed by atoms with Crippen LogP contribution >= 0.6 is 27.5 Å². The summed E-state index contributed by atoms with van der Waals surface area (Å²) in [5.41, 5.74) is 1.30. The quantitative estimate of drug-likeness (QED) is 0.709. The van der Waals surface area contributed by atoms with Crippen molar-refractivity contribution in [2.45, 2.75) is 19.3 Å². The molecule has 0 fully saturated rings. The SMILES string of the molecule is CC1(C)CNc2c(F)cc(Br)c(Cl)c21. The Labute approximate surface area is 95.8 Å². The first-order chi connectivity index (χ1) is 6.43. The van der Waals surface area contributed by atoms with Gasteiger partial charge in [-0.25, -0.2) is 4.39 Å². The molecule has 0 bridgehead atoms. The van der Waals surface area contributed by atoms with E-state index >= 15 is 0 Å². The van der Waals surface area contributed by atoms with Gasteiger partial charge in [0, 0.05) is 22.0 Å². The molecule has 4 heteroatoms. The number of fused-ring (bicyclic) bond motifs is 1. The van der Waals surface area contributed by atoms with Crippen molar-refractivity contribution in [2.24, 2.45) is 0 Å². The van der Waals surface area contributed by atoms with Gasteiger partial charge in [0.1, 0.15) is 5.82 Å². The summed E-state index contributed by atoms with van der Waals surface area (Å²) in [6.07, 6.45) is 0. The van der Waals surface area contributed by atoms with Crippen LogP contribution in [0.5, 0.6) is 0 Å². The Bertz CT molecular complexity index is 404. The molecule has 14 heavy (non-hydrogen) atoms. The minimum atomic E-state index is -0.248. The van der Waals surface area contributed by atoms with Gasteiger partial charge in [0.25, 0.3) is 0 Å². The molecular formula is C10H10BrClFN. The van der Waals surface area contributed by atoms with Crippen molar-refractivity contribution in [3.63, 3.8) is 0 Å². The number of halogens is 3. The zero-order valence-electron chi connectivity index (χ0n) is 7.92. The maximum absolute atomic E-state index is 13.5. The van der Waals surface area contributed by atoms with Gasteiger partial charge in [-0.2, -0.15) is 0 Å². The highest BCUT2D eigenvalue weighted by molar-refractivity contribution is 9.10. The first-order valence-corrected chi connectivity index (χ1v) is 5.52. The zero-order chi connectivity index (χ0) is 10.5. The molecule has 1 aromatic rings. The minimum Gasteiger partial charge on any atom is -0.382 e. The zero-order valence-corrected chi connectivity index (χ0v) is 10.3. The number of hydrogen-bond donors (Lipinski definition) is 1. The number of nitrogens with one attached hydrogen (secondary N) is 1. The van der Waals surface area contributed by atoms with Crippen LogP contribution in [0.15, 0.2) is 10.5 Å². The van der Waals surface area contributed by atoms with Gasteiger partial charge in [-0.15, -0.1) is 0 Å². The van der Waals surface area contributed by atoms with E-state index in [1.807, 2.05) is 13.8 Å². The lowest BCUT2D eigenvalue weighted by Gasteiger charge is -2.19. The van der Waals surface area contributed by atoms with Crippen molar-refractivity contribution in [1.29, 1.82) is 0 Å². The molecule has 0 aliphatic carbocycles. The second-order valence-corrected chi connectivity index (χ2v) is 5.37. The summed E-state index contributed by atoms with van der Waals surface area (Å²) in [5, 5.41) is 3.65. The van der Waals surface area contributed by atoms with Crippen LogP contribution in [0.2, 0.25) is 5.02 Å². The minimum absolute atomic E-state index is 0.114. The Morgan fingerprint density at radius 1 is 1.57 bits per heavy atom. The second-order valence-electron chi connectivity index (χ2n) is 4.14. The molecule has 76 valence electrons. The van der Waals surface area contributed by atoms with Gasteiger partial charge in [0.15, 0.2) is 0 Å². The van der Waals surface area contributed by atoms with E-state index in [1.54, 1.807) is 0 Å². The van der Waals surface area contributed by atoms with Gasteiger partial charge in [-0.3, -0.25) is 0 Å². The molecule has 0 radical (unpaired) electrons. The maximum Gasteiger partial charge on any atom is 0.147 e. The Balaban J connectivity index is 2.75. The summed E-state index contributed by atoms with van der Waals surface area (Å²) < 4.78 is 14.1. The van der Waals surface area contributed by atoms with Crippen molar-refractivity contribution in [2.75, 3.05) is 11.9 Å². The summed E-state index contributed by atoms with van der Waals surface area (Å²) >= 11 is 9.39. The molecule has 0 unspecified atom stereocenters. The van der Waals surface area contributed by atoms with E-state index in [-0.39, 0.29) is 11.2 Å². The monoisotopic (exact) mass is 277 g/mol. The third-order valence-corrected chi connectivity index (χ3v) is 3.80. The third kappa shape index (κ3) is 1.34. The van der Waals surface area contributed by atoms with Gasteiger partial charge >= 0.3 is 0 Å². The first-order valence-electron chi connectivity index (χ1n) is 4.35. The Kier molecular flexibility index (Phi) is 2.27. The normalized spacial score (nSPS) is 17.8. The lowest BCUT2D eigenvalue weighted by Crippen LogP contribution is -2.19. The van der Waals surface area contributed by atoms with Gasteiger partial charge in [0.2, 0.25) is 0 Å². The fourth-order valence-electron chi connectivity index (χ4n) is 1.80. The molecule has 0 spiro atoms. The van der Waals surface area contributed by atoms with Gasteiger partial charge in [-0.05, 0) is 22.0 Å². The molecular weight excluding hydrogens is 268 g/mol. The van der Waals surface area contributed by atoms with Gasteiger partial charge in [0.05, 0.1) is 10.7 Å². The van der Waals surface area contributed by atoms with Crippen LogP contribution in [-0.4, -0.2) is 6.54 Å². The summed E-state index contributed by atoms with van der Waals surface area (Å²) in [5.74, 6) is -0.248. The lowest BCUT2D eigenvalue weighted by molar-refractivity contribution is 0.584. The average Bonchev–Trinajstić information content (AvgIpc) is 2.38. The molecule has 1 N–H and O–H groups in total. The van der Waals surface area contributed by atoms with E-state index < -0.39 is 0 Å². The molecule has 1 aliphatic rings. The second kappa shape index (κ2) is 3.11. The predicted molar refractivity (Wildman–Crippen MR) is 60.6 cm³/mol. The van der Waals surface area contributed by atoms with Gasteiger partial charge < -0.3 is 5.32 Å². The van der Waals surface area contributed by atoms with E-state index in [0.717, 1.165) is 12.1 Å². The molecule has 1 heterocycles. The smallest absolute Gasteiger partial charge is 0.147 e. The Morgan fingerprint density at radius 3 is 2.86 bits per heavy atom. The van der Waals surface area contributed by atoms with Crippen LogP contribution in [0.1, 0.15) is 19.4 Å². The molecule has 0 saturated heterocycles. The van der Waals surface area contributed by atoms with Crippen LogP contribution in [0.4, 0.5) is 10.1 Å². The van der Waals surface area contributed by atoms with Crippen LogP contribution in [0, 0.1) is 5.82 Å². The number of anilines is 1. The van der Waals surface area contributed by atoms with E-state index in [2.05, 4.69) is 21.2 Å². The van der Waals surface area contributed by atoms with Crippen LogP contribution < -0.4 is 5.32 Å². The number of rotatable bonds is 0. The molecule has 1 nitrogen and oxygen atoms in total. The van der Waals surface area contributed by atoms with E-state index in [4.69, 9.17) is 11.6 Å². The average molecular weight is 279 g/mol. The summed E-state index contributed by atoms with van der Waals surface area (Å²) in [6.45, 7) is 4.81. The molecule has 0 aromatic heterocycles. The lowest BCUT2D eigenvalue weighted by atomic mass is 9.87. The largest absolute Gasteiger partial charge is 0.382 e. The van der Waals surface area contributed by atoms with Crippen molar-refractivity contribution >= 4 is 33.2 Å². The molecule has 1 aliphatic heterocycles. The fourth-order valence-corrected chi connectivity index (χ4v) is 2.61. The first kappa shape index (κ1) is 10.2. The molecule has 0 atom stereocenters. The van der Waals surface area contributed by atoms with Crippen LogP contribution in [0.3, 0.4) is 0 Å². The van der Waals surface area contributed by atoms with Crippen LogP contribution in [-0.2, 0) is 5.41 Å². The van der Waals surface area contributed by atoms with E-state index in [0.29, 0.717) is 15.2 Å². The molecule has 2 rings (SSSR count). The van der Waals surface area contributed by atoms with E-state index in [1.165, 1.54) is 6.07 Å². The van der Waals surface area contributed by atoms with E-state index in [9.17, 15) is 4.39 Å². The molecule has 1 aromatic carbocycles. The Hall–Kier alpha value is -0.280.